The number of aromatic nitrogens is 4. The highest BCUT2D eigenvalue weighted by atomic mass is 32.1. The van der Waals surface area contributed by atoms with Crippen molar-refractivity contribution in [1.82, 2.24) is 28.7 Å². The molecule has 29 heavy (non-hydrogen) atoms. The fourth-order valence-corrected chi connectivity index (χ4v) is 4.74. The van der Waals surface area contributed by atoms with Crippen LogP contribution in [0.15, 0.2) is 55.1 Å². The van der Waals surface area contributed by atoms with E-state index in [1.807, 2.05) is 71.5 Å². The van der Waals surface area contributed by atoms with Gasteiger partial charge in [0, 0.05) is 51.3 Å². The molecule has 0 atom stereocenters. The summed E-state index contributed by atoms with van der Waals surface area (Å²) in [4.78, 5) is 27.2. The maximum absolute atomic E-state index is 13.1. The third-order valence-corrected chi connectivity index (χ3v) is 6.50. The van der Waals surface area contributed by atoms with Crippen LogP contribution in [0, 0.1) is 6.92 Å². The highest BCUT2D eigenvalue weighted by Crippen LogP contribution is 2.24. The normalized spacial score (nSPS) is 15.3. The number of pyridine rings is 1. The van der Waals surface area contributed by atoms with E-state index >= 15 is 0 Å². The van der Waals surface area contributed by atoms with E-state index in [1.165, 1.54) is 17.0 Å². The van der Waals surface area contributed by atoms with E-state index in [0.717, 1.165) is 54.1 Å². The highest BCUT2D eigenvalue weighted by Gasteiger charge is 2.26. The SMILES string of the molecule is Cc1nc(-n2cccc2)sc1C(=O)N1CCN(Cc2cnc3ccccn23)CC1. The molecule has 7 nitrogen and oxygen atoms in total. The first kappa shape index (κ1) is 18.1. The molecule has 5 rings (SSSR count). The predicted octanol–water partition coefficient (Wildman–Crippen LogP) is 2.85. The molecule has 1 fully saturated rings. The van der Waals surface area contributed by atoms with Gasteiger partial charge in [-0.25, -0.2) is 9.97 Å². The molecule has 1 saturated heterocycles. The Morgan fingerprint density at radius 3 is 2.62 bits per heavy atom. The monoisotopic (exact) mass is 406 g/mol. The number of rotatable bonds is 4. The number of imidazole rings is 1. The number of hydrogen-bond donors (Lipinski definition) is 0. The summed E-state index contributed by atoms with van der Waals surface area (Å²) in [7, 11) is 0. The summed E-state index contributed by atoms with van der Waals surface area (Å²) < 4.78 is 4.07. The Kier molecular flexibility index (Phi) is 4.65. The predicted molar refractivity (Wildman–Crippen MR) is 113 cm³/mol. The van der Waals surface area contributed by atoms with Crippen molar-refractivity contribution in [3.8, 4) is 5.13 Å². The van der Waals surface area contributed by atoms with Crippen LogP contribution in [0.25, 0.3) is 10.8 Å². The Balaban J connectivity index is 1.24. The Bertz CT molecular complexity index is 1140. The molecule has 5 heterocycles. The summed E-state index contributed by atoms with van der Waals surface area (Å²) in [6, 6.07) is 9.95. The zero-order valence-corrected chi connectivity index (χ0v) is 17.0. The van der Waals surface area contributed by atoms with Gasteiger partial charge in [0.25, 0.3) is 5.91 Å². The van der Waals surface area contributed by atoms with Crippen LogP contribution in [-0.4, -0.2) is 60.8 Å². The first-order chi connectivity index (χ1) is 14.2. The van der Waals surface area contributed by atoms with Crippen molar-refractivity contribution in [1.29, 1.82) is 0 Å². The number of aryl methyl sites for hydroxylation is 1. The minimum absolute atomic E-state index is 0.0906. The van der Waals surface area contributed by atoms with E-state index in [2.05, 4.69) is 19.3 Å². The minimum Gasteiger partial charge on any atom is -0.335 e. The number of carbonyl (C=O) groups excluding carboxylic acids is 1. The zero-order valence-electron chi connectivity index (χ0n) is 16.2. The van der Waals surface area contributed by atoms with E-state index in [-0.39, 0.29) is 5.91 Å². The molecule has 0 saturated carbocycles. The van der Waals surface area contributed by atoms with Crippen molar-refractivity contribution < 1.29 is 4.79 Å². The number of piperazine rings is 1. The van der Waals surface area contributed by atoms with Gasteiger partial charge in [0.15, 0.2) is 5.13 Å². The molecule has 0 aliphatic carbocycles. The summed E-state index contributed by atoms with van der Waals surface area (Å²) in [5.74, 6) is 0.0906. The first-order valence-corrected chi connectivity index (χ1v) is 10.5. The van der Waals surface area contributed by atoms with Gasteiger partial charge >= 0.3 is 0 Å². The van der Waals surface area contributed by atoms with Crippen molar-refractivity contribution in [3.05, 3.63) is 71.4 Å². The second kappa shape index (κ2) is 7.46. The van der Waals surface area contributed by atoms with Gasteiger partial charge in [0.05, 0.1) is 17.6 Å². The second-order valence-corrected chi connectivity index (χ2v) is 8.23. The van der Waals surface area contributed by atoms with Crippen LogP contribution in [0.2, 0.25) is 0 Å². The average molecular weight is 407 g/mol. The third-order valence-electron chi connectivity index (χ3n) is 5.34. The van der Waals surface area contributed by atoms with E-state index < -0.39 is 0 Å². The number of carbonyl (C=O) groups is 1. The van der Waals surface area contributed by atoms with Gasteiger partial charge in [-0.05, 0) is 31.2 Å². The lowest BCUT2D eigenvalue weighted by Gasteiger charge is -2.34. The van der Waals surface area contributed by atoms with Crippen LogP contribution < -0.4 is 0 Å². The highest BCUT2D eigenvalue weighted by molar-refractivity contribution is 7.16. The number of fused-ring (bicyclic) bond motifs is 1. The topological polar surface area (TPSA) is 58.7 Å². The molecule has 148 valence electrons. The van der Waals surface area contributed by atoms with Crippen LogP contribution in [0.5, 0.6) is 0 Å². The van der Waals surface area contributed by atoms with Crippen LogP contribution in [-0.2, 0) is 6.54 Å². The van der Waals surface area contributed by atoms with E-state index in [9.17, 15) is 4.79 Å². The van der Waals surface area contributed by atoms with E-state index in [0.29, 0.717) is 0 Å². The molecular formula is C21H22N6OS. The molecular weight excluding hydrogens is 384 g/mol. The fourth-order valence-electron chi connectivity index (χ4n) is 3.74. The fraction of sp³-hybridized carbons (Fsp3) is 0.286. The van der Waals surface area contributed by atoms with Crippen LogP contribution in [0.4, 0.5) is 0 Å². The van der Waals surface area contributed by atoms with Crippen molar-refractivity contribution in [2.45, 2.75) is 13.5 Å². The maximum Gasteiger partial charge on any atom is 0.266 e. The molecule has 1 aliphatic rings. The number of amides is 1. The van der Waals surface area contributed by atoms with Crippen molar-refractivity contribution in [2.24, 2.45) is 0 Å². The Morgan fingerprint density at radius 1 is 1.07 bits per heavy atom. The molecule has 0 N–H and O–H groups in total. The molecule has 0 spiro atoms. The van der Waals surface area contributed by atoms with Gasteiger partial charge in [0.2, 0.25) is 0 Å². The summed E-state index contributed by atoms with van der Waals surface area (Å²) in [6.07, 6.45) is 7.89. The largest absolute Gasteiger partial charge is 0.335 e. The molecule has 1 amide bonds. The summed E-state index contributed by atoms with van der Waals surface area (Å²) in [5, 5.41) is 0.835. The molecule has 4 aromatic heterocycles. The Hall–Kier alpha value is -2.97. The summed E-state index contributed by atoms with van der Waals surface area (Å²) in [6.45, 7) is 5.92. The molecule has 8 heteroatoms. The van der Waals surface area contributed by atoms with Crippen LogP contribution in [0.1, 0.15) is 21.1 Å². The first-order valence-electron chi connectivity index (χ1n) is 9.72. The molecule has 0 bridgehead atoms. The lowest BCUT2D eigenvalue weighted by atomic mass is 10.2. The molecule has 4 aromatic rings. The number of thiazole rings is 1. The summed E-state index contributed by atoms with van der Waals surface area (Å²) >= 11 is 1.46. The van der Waals surface area contributed by atoms with Gasteiger partial charge < -0.3 is 13.9 Å². The molecule has 0 unspecified atom stereocenters. The number of hydrogen-bond acceptors (Lipinski definition) is 5. The Morgan fingerprint density at radius 2 is 1.83 bits per heavy atom. The minimum atomic E-state index is 0.0906. The third kappa shape index (κ3) is 3.45. The molecule has 0 radical (unpaired) electrons. The van der Waals surface area contributed by atoms with Crippen LogP contribution >= 0.6 is 11.3 Å². The summed E-state index contributed by atoms with van der Waals surface area (Å²) in [5.41, 5.74) is 2.95. The quantitative estimate of drug-likeness (QED) is 0.523. The lowest BCUT2D eigenvalue weighted by molar-refractivity contribution is 0.0630. The van der Waals surface area contributed by atoms with Gasteiger partial charge in [0.1, 0.15) is 10.5 Å². The maximum atomic E-state index is 13.1. The van der Waals surface area contributed by atoms with Crippen LogP contribution in [0.3, 0.4) is 0 Å². The van der Waals surface area contributed by atoms with Gasteiger partial charge in [-0.1, -0.05) is 17.4 Å². The smallest absolute Gasteiger partial charge is 0.266 e. The van der Waals surface area contributed by atoms with Gasteiger partial charge in [-0.3, -0.25) is 9.69 Å². The number of nitrogens with zero attached hydrogens (tertiary/aromatic N) is 6. The van der Waals surface area contributed by atoms with E-state index in [4.69, 9.17) is 0 Å². The molecule has 1 aliphatic heterocycles. The lowest BCUT2D eigenvalue weighted by Crippen LogP contribution is -2.48. The molecule has 0 aromatic carbocycles. The van der Waals surface area contributed by atoms with Gasteiger partial charge in [-0.2, -0.15) is 0 Å². The second-order valence-electron chi connectivity index (χ2n) is 7.25. The van der Waals surface area contributed by atoms with Gasteiger partial charge in [-0.15, -0.1) is 0 Å². The average Bonchev–Trinajstić information content (AvgIpc) is 3.48. The zero-order chi connectivity index (χ0) is 19.8. The van der Waals surface area contributed by atoms with Crippen molar-refractivity contribution in [2.75, 3.05) is 26.2 Å². The van der Waals surface area contributed by atoms with E-state index in [1.54, 1.807) is 0 Å². The standard InChI is InChI=1S/C21H22N6OS/c1-16-19(29-21(23-16)26-7-4-5-8-26)20(28)25-12-10-24(11-13-25)15-17-14-22-18-6-2-3-9-27(17)18/h2-9,14H,10-13,15H2,1H3. The van der Waals surface area contributed by atoms with Crippen molar-refractivity contribution >= 4 is 22.9 Å². The van der Waals surface area contributed by atoms with Crippen molar-refractivity contribution in [3.63, 3.8) is 0 Å². The Labute approximate surface area is 172 Å².